The summed E-state index contributed by atoms with van der Waals surface area (Å²) < 4.78 is 2.34. The summed E-state index contributed by atoms with van der Waals surface area (Å²) in [5.74, 6) is 1.03. The first kappa shape index (κ1) is 15.6. The lowest BCUT2D eigenvalue weighted by Gasteiger charge is -2.17. The maximum atomic E-state index is 3.63. The Hall–Kier alpha value is 0.190. The van der Waals surface area contributed by atoms with Gasteiger partial charge in [0.1, 0.15) is 0 Å². The third-order valence-electron chi connectivity index (χ3n) is 2.68. The van der Waals surface area contributed by atoms with Crippen LogP contribution in [0.2, 0.25) is 0 Å². The molecule has 0 aliphatic heterocycles. The van der Waals surface area contributed by atoms with Crippen molar-refractivity contribution in [1.29, 1.82) is 0 Å². The molecule has 1 nitrogen and oxygen atoms in total. The van der Waals surface area contributed by atoms with E-state index in [4.69, 9.17) is 0 Å². The Morgan fingerprint density at radius 3 is 2.79 bits per heavy atom. The molecule has 1 heterocycles. The van der Waals surface area contributed by atoms with E-state index >= 15 is 0 Å². The lowest BCUT2D eigenvalue weighted by Crippen LogP contribution is -2.22. The van der Waals surface area contributed by atoms with Crippen LogP contribution in [-0.2, 0) is 0 Å². The van der Waals surface area contributed by atoms with Gasteiger partial charge in [0.15, 0.2) is 0 Å². The van der Waals surface area contributed by atoms with Gasteiger partial charge in [-0.3, -0.25) is 0 Å². The second-order valence-corrected chi connectivity index (χ2v) is 7.66. The first-order valence-corrected chi connectivity index (χ1v) is 9.55. The average Bonchev–Trinajstić information content (AvgIpc) is 2.81. The third-order valence-corrected chi connectivity index (χ3v) is 6.01. The van der Waals surface area contributed by atoms with Crippen LogP contribution in [0.5, 0.6) is 0 Å². The van der Waals surface area contributed by atoms with Crippen molar-refractivity contribution in [3.8, 4) is 0 Å². The van der Waals surface area contributed by atoms with Crippen LogP contribution in [0.3, 0.4) is 0 Å². The monoisotopic (exact) mass is 419 g/mol. The van der Waals surface area contributed by atoms with Crippen molar-refractivity contribution in [1.82, 2.24) is 5.32 Å². The van der Waals surface area contributed by atoms with Crippen LogP contribution in [0.15, 0.2) is 48.9 Å². The first-order chi connectivity index (χ1) is 9.20. The van der Waals surface area contributed by atoms with Gasteiger partial charge in [-0.1, -0.05) is 28.9 Å². The van der Waals surface area contributed by atoms with Crippen molar-refractivity contribution < 1.29 is 0 Å². The van der Waals surface area contributed by atoms with E-state index in [1.807, 2.05) is 11.8 Å². The number of thioether (sulfide) groups is 1. The molecule has 0 radical (unpaired) electrons. The van der Waals surface area contributed by atoms with Gasteiger partial charge in [-0.25, -0.2) is 0 Å². The van der Waals surface area contributed by atoms with Crippen molar-refractivity contribution in [3.63, 3.8) is 0 Å². The second-order valence-electron chi connectivity index (χ2n) is 4.05. The Labute approximate surface area is 139 Å². The van der Waals surface area contributed by atoms with E-state index in [0.717, 1.165) is 16.8 Å². The van der Waals surface area contributed by atoms with Gasteiger partial charge in [-0.15, -0.1) is 11.8 Å². The van der Waals surface area contributed by atoms with Crippen LogP contribution in [0.25, 0.3) is 0 Å². The molecular formula is C14H15Br2NS2. The molecule has 2 aromatic rings. The number of hydrogen-bond donors (Lipinski definition) is 1. The Morgan fingerprint density at radius 2 is 2.16 bits per heavy atom. The topological polar surface area (TPSA) is 12.0 Å². The molecule has 1 unspecified atom stereocenters. The molecule has 19 heavy (non-hydrogen) atoms. The highest BCUT2D eigenvalue weighted by molar-refractivity contribution is 9.10. The van der Waals surface area contributed by atoms with Crippen molar-refractivity contribution in [3.05, 3.63) is 49.5 Å². The van der Waals surface area contributed by atoms with Gasteiger partial charge in [0.2, 0.25) is 0 Å². The Kier molecular flexibility index (Phi) is 6.42. The molecule has 1 N–H and O–H groups in total. The molecule has 0 aliphatic rings. The number of thiophene rings is 1. The van der Waals surface area contributed by atoms with Crippen LogP contribution < -0.4 is 5.32 Å². The summed E-state index contributed by atoms with van der Waals surface area (Å²) in [5, 5.41) is 7.92. The molecule has 0 fully saturated rings. The van der Waals surface area contributed by atoms with Gasteiger partial charge in [-0.2, -0.15) is 11.3 Å². The molecule has 2 rings (SSSR count). The lowest BCUT2D eigenvalue weighted by atomic mass is 10.2. The molecule has 0 saturated heterocycles. The summed E-state index contributed by atoms with van der Waals surface area (Å²) in [7, 11) is 0. The van der Waals surface area contributed by atoms with Crippen LogP contribution in [0.1, 0.15) is 18.5 Å². The fourth-order valence-electron chi connectivity index (χ4n) is 1.78. The predicted molar refractivity (Wildman–Crippen MR) is 93.3 cm³/mol. The van der Waals surface area contributed by atoms with E-state index in [9.17, 15) is 0 Å². The largest absolute Gasteiger partial charge is 0.309 e. The molecule has 102 valence electrons. The SMILES string of the molecule is CCNC(CSc1cccc(Br)c1)c1cscc1Br. The number of benzene rings is 1. The maximum Gasteiger partial charge on any atom is 0.0434 e. The Balaban J connectivity index is 2.04. The Bertz CT molecular complexity index is 528. The molecule has 1 atom stereocenters. The van der Waals surface area contributed by atoms with Gasteiger partial charge < -0.3 is 5.32 Å². The van der Waals surface area contributed by atoms with Crippen LogP contribution in [-0.4, -0.2) is 12.3 Å². The van der Waals surface area contributed by atoms with E-state index in [1.54, 1.807) is 11.3 Å². The van der Waals surface area contributed by atoms with E-state index in [2.05, 4.69) is 79.1 Å². The smallest absolute Gasteiger partial charge is 0.0434 e. The van der Waals surface area contributed by atoms with Crippen molar-refractivity contribution >= 4 is 55.0 Å². The van der Waals surface area contributed by atoms with E-state index < -0.39 is 0 Å². The van der Waals surface area contributed by atoms with Crippen LogP contribution >= 0.6 is 55.0 Å². The molecule has 0 amide bonds. The van der Waals surface area contributed by atoms with Gasteiger partial charge in [0.25, 0.3) is 0 Å². The fourth-order valence-corrected chi connectivity index (χ4v) is 5.00. The third kappa shape index (κ3) is 4.60. The fraction of sp³-hybridized carbons (Fsp3) is 0.286. The zero-order valence-corrected chi connectivity index (χ0v) is 15.3. The first-order valence-electron chi connectivity index (χ1n) is 6.04. The minimum atomic E-state index is 0.384. The van der Waals surface area contributed by atoms with Crippen molar-refractivity contribution in [2.75, 3.05) is 12.3 Å². The minimum absolute atomic E-state index is 0.384. The number of rotatable bonds is 6. The van der Waals surface area contributed by atoms with Crippen LogP contribution in [0, 0.1) is 0 Å². The quantitative estimate of drug-likeness (QED) is 0.600. The molecule has 0 saturated carbocycles. The van der Waals surface area contributed by atoms with E-state index in [-0.39, 0.29) is 0 Å². The number of halogens is 2. The molecular weight excluding hydrogens is 406 g/mol. The zero-order valence-electron chi connectivity index (χ0n) is 10.5. The maximum absolute atomic E-state index is 3.63. The highest BCUT2D eigenvalue weighted by Gasteiger charge is 2.14. The molecule has 1 aromatic heterocycles. The summed E-state index contributed by atoms with van der Waals surface area (Å²) in [5.41, 5.74) is 1.36. The molecule has 0 bridgehead atoms. The summed E-state index contributed by atoms with van der Waals surface area (Å²) in [4.78, 5) is 1.30. The standard InChI is InChI=1S/C14H15Br2NS2/c1-2-17-14(12-7-18-8-13(12)16)9-19-11-5-3-4-10(15)6-11/h3-8,14,17H,2,9H2,1H3. The van der Waals surface area contributed by atoms with Crippen LogP contribution in [0.4, 0.5) is 0 Å². The Morgan fingerprint density at radius 1 is 1.32 bits per heavy atom. The lowest BCUT2D eigenvalue weighted by molar-refractivity contribution is 0.606. The average molecular weight is 421 g/mol. The normalized spacial score (nSPS) is 12.6. The summed E-state index contributed by atoms with van der Waals surface area (Å²) >= 11 is 10.8. The molecule has 5 heteroatoms. The minimum Gasteiger partial charge on any atom is -0.309 e. The van der Waals surface area contributed by atoms with Gasteiger partial charge >= 0.3 is 0 Å². The van der Waals surface area contributed by atoms with Crippen molar-refractivity contribution in [2.45, 2.75) is 17.9 Å². The number of nitrogens with one attached hydrogen (secondary N) is 1. The summed E-state index contributed by atoms with van der Waals surface area (Å²) in [6.45, 7) is 3.13. The summed E-state index contributed by atoms with van der Waals surface area (Å²) in [6, 6.07) is 8.84. The predicted octanol–water partition coefficient (Wildman–Crippen LogP) is 5.72. The molecule has 0 spiro atoms. The van der Waals surface area contributed by atoms with E-state index in [0.29, 0.717) is 6.04 Å². The molecule has 0 aliphatic carbocycles. The van der Waals surface area contributed by atoms with Gasteiger partial charge in [0.05, 0.1) is 0 Å². The van der Waals surface area contributed by atoms with Gasteiger partial charge in [-0.05, 0) is 51.6 Å². The van der Waals surface area contributed by atoms with Gasteiger partial charge in [0, 0.05) is 31.0 Å². The van der Waals surface area contributed by atoms with E-state index in [1.165, 1.54) is 14.9 Å². The zero-order chi connectivity index (χ0) is 13.7. The highest BCUT2D eigenvalue weighted by Crippen LogP contribution is 2.32. The summed E-state index contributed by atoms with van der Waals surface area (Å²) in [6.07, 6.45) is 0. The second kappa shape index (κ2) is 7.84. The molecule has 1 aromatic carbocycles. The highest BCUT2D eigenvalue weighted by atomic mass is 79.9. The number of hydrogen-bond acceptors (Lipinski definition) is 3. The van der Waals surface area contributed by atoms with Crippen molar-refractivity contribution in [2.24, 2.45) is 0 Å².